The molecule has 120 valence electrons. The molecule has 1 aromatic carbocycles. The van der Waals surface area contributed by atoms with Gasteiger partial charge in [-0.2, -0.15) is 0 Å². The summed E-state index contributed by atoms with van der Waals surface area (Å²) in [5.74, 6) is -1.06. The average Bonchev–Trinajstić information content (AvgIpc) is 2.49. The van der Waals surface area contributed by atoms with Crippen LogP contribution in [0.1, 0.15) is 5.56 Å². The maximum absolute atomic E-state index is 10.3. The molecule has 0 bridgehead atoms. The van der Waals surface area contributed by atoms with Crippen LogP contribution in [-0.2, 0) is 16.1 Å². The third kappa shape index (κ3) is 12.3. The lowest BCUT2D eigenvalue weighted by Gasteiger charge is -2.05. The summed E-state index contributed by atoms with van der Waals surface area (Å²) in [7, 11) is 0. The van der Waals surface area contributed by atoms with Gasteiger partial charge in [0.25, 0.3) is 0 Å². The van der Waals surface area contributed by atoms with E-state index in [1.165, 1.54) is 0 Å². The minimum absolute atomic E-state index is 0.0196. The van der Waals surface area contributed by atoms with Crippen LogP contribution in [0.15, 0.2) is 30.3 Å². The summed E-state index contributed by atoms with van der Waals surface area (Å²) in [6.07, 6.45) is 0. The van der Waals surface area contributed by atoms with Crippen LogP contribution in [0.2, 0.25) is 0 Å². The van der Waals surface area contributed by atoms with Gasteiger partial charge in [-0.15, -0.1) is 11.6 Å². The van der Waals surface area contributed by atoms with Crippen LogP contribution in [0.3, 0.4) is 0 Å². The Bertz CT molecular complexity index is 362. The van der Waals surface area contributed by atoms with Gasteiger partial charge in [-0.25, -0.2) is 0 Å². The number of halogens is 1. The van der Waals surface area contributed by atoms with Crippen molar-refractivity contribution in [2.45, 2.75) is 12.0 Å². The normalized spacial score (nSPS) is 11.4. The topological polar surface area (TPSA) is 111 Å². The molecule has 21 heavy (non-hydrogen) atoms. The number of nitrogens with one attached hydrogen (secondary N) is 1. The van der Waals surface area contributed by atoms with E-state index in [0.29, 0.717) is 19.7 Å². The first kappa shape index (κ1) is 19.8. The molecule has 0 aliphatic rings. The van der Waals surface area contributed by atoms with E-state index < -0.39 is 11.3 Å². The first-order valence-electron chi connectivity index (χ1n) is 6.71. The van der Waals surface area contributed by atoms with Crippen molar-refractivity contribution < 1.29 is 14.6 Å². The zero-order valence-corrected chi connectivity index (χ0v) is 12.8. The highest BCUT2D eigenvalue weighted by molar-refractivity contribution is 6.29. The fourth-order valence-corrected chi connectivity index (χ4v) is 1.34. The van der Waals surface area contributed by atoms with Gasteiger partial charge in [-0.05, 0) is 5.56 Å². The van der Waals surface area contributed by atoms with E-state index in [9.17, 15) is 4.79 Å². The standard InChI is InChI=1S/C10H11ClO3.C4H13N3/c11-9(10(12)13)7-14-6-8-4-2-1-3-5-8;5-1-3-7-4-2-6/h1-5,9H,6-7H2,(H,12,13);7H,1-6H2. The molecule has 1 atom stereocenters. The van der Waals surface area contributed by atoms with E-state index in [2.05, 4.69) is 5.32 Å². The Balaban J connectivity index is 0.000000486. The van der Waals surface area contributed by atoms with Gasteiger partial charge in [0.05, 0.1) is 13.2 Å². The van der Waals surface area contributed by atoms with Gasteiger partial charge in [0, 0.05) is 26.2 Å². The van der Waals surface area contributed by atoms with Crippen molar-refractivity contribution in [2.24, 2.45) is 11.5 Å². The van der Waals surface area contributed by atoms with Crippen LogP contribution in [0, 0.1) is 0 Å². The lowest BCUT2D eigenvalue weighted by molar-refractivity contribution is -0.137. The zero-order valence-electron chi connectivity index (χ0n) is 12.0. The van der Waals surface area contributed by atoms with Gasteiger partial charge in [0.1, 0.15) is 0 Å². The van der Waals surface area contributed by atoms with Gasteiger partial charge in [-0.1, -0.05) is 30.3 Å². The number of hydrogen-bond donors (Lipinski definition) is 4. The van der Waals surface area contributed by atoms with Crippen molar-refractivity contribution in [3.8, 4) is 0 Å². The highest BCUT2D eigenvalue weighted by atomic mass is 35.5. The molecule has 1 rings (SSSR count). The summed E-state index contributed by atoms with van der Waals surface area (Å²) in [6, 6.07) is 9.52. The lowest BCUT2D eigenvalue weighted by atomic mass is 10.2. The number of rotatable bonds is 9. The predicted molar refractivity (Wildman–Crippen MR) is 84.4 cm³/mol. The van der Waals surface area contributed by atoms with Crippen LogP contribution >= 0.6 is 11.6 Å². The van der Waals surface area contributed by atoms with Crippen molar-refractivity contribution in [1.29, 1.82) is 0 Å². The Morgan fingerprint density at radius 1 is 1.24 bits per heavy atom. The maximum Gasteiger partial charge on any atom is 0.324 e. The molecule has 7 heteroatoms. The largest absolute Gasteiger partial charge is 0.480 e. The SMILES string of the molecule is NCCNCCN.O=C(O)C(Cl)COCc1ccccc1. The maximum atomic E-state index is 10.3. The Labute approximate surface area is 130 Å². The number of aliphatic carboxylic acids is 1. The van der Waals surface area contributed by atoms with Crippen molar-refractivity contribution in [3.63, 3.8) is 0 Å². The molecular weight excluding hydrogens is 294 g/mol. The summed E-state index contributed by atoms with van der Waals surface area (Å²) in [5, 5.41) is 10.5. The summed E-state index contributed by atoms with van der Waals surface area (Å²) in [5.41, 5.74) is 11.3. The summed E-state index contributed by atoms with van der Waals surface area (Å²) < 4.78 is 5.13. The van der Waals surface area contributed by atoms with E-state index >= 15 is 0 Å². The van der Waals surface area contributed by atoms with Gasteiger partial charge in [0.15, 0.2) is 5.38 Å². The molecule has 0 heterocycles. The lowest BCUT2D eigenvalue weighted by Crippen LogP contribution is -2.27. The smallest absolute Gasteiger partial charge is 0.324 e. The minimum atomic E-state index is -1.06. The fourth-order valence-electron chi connectivity index (χ4n) is 1.25. The third-order valence-electron chi connectivity index (χ3n) is 2.29. The molecule has 1 aromatic rings. The molecule has 1 unspecified atom stereocenters. The minimum Gasteiger partial charge on any atom is -0.480 e. The van der Waals surface area contributed by atoms with E-state index in [0.717, 1.165) is 18.7 Å². The third-order valence-corrected chi connectivity index (χ3v) is 2.60. The molecule has 6 N–H and O–H groups in total. The second kappa shape index (κ2) is 13.8. The van der Waals surface area contributed by atoms with Gasteiger partial charge < -0.3 is 26.6 Å². The van der Waals surface area contributed by atoms with Gasteiger partial charge in [-0.3, -0.25) is 4.79 Å². The molecule has 0 aromatic heterocycles. The summed E-state index contributed by atoms with van der Waals surface area (Å²) >= 11 is 5.46. The number of alkyl halides is 1. The first-order valence-corrected chi connectivity index (χ1v) is 7.14. The highest BCUT2D eigenvalue weighted by Gasteiger charge is 2.12. The molecule has 0 saturated carbocycles. The fraction of sp³-hybridized carbons (Fsp3) is 0.500. The summed E-state index contributed by atoms with van der Waals surface area (Å²) in [4.78, 5) is 10.3. The van der Waals surface area contributed by atoms with Crippen molar-refractivity contribution >= 4 is 17.6 Å². The van der Waals surface area contributed by atoms with Crippen LogP contribution in [-0.4, -0.2) is 49.2 Å². The molecule has 0 spiro atoms. The Kier molecular flexibility index (Phi) is 13.0. The summed E-state index contributed by atoms with van der Waals surface area (Å²) in [6.45, 7) is 3.54. The number of benzene rings is 1. The van der Waals surface area contributed by atoms with Gasteiger partial charge in [0.2, 0.25) is 0 Å². The molecular formula is C14H24ClN3O3. The number of hydrogen-bond acceptors (Lipinski definition) is 5. The average molecular weight is 318 g/mol. The number of nitrogens with two attached hydrogens (primary N) is 2. The molecule has 0 amide bonds. The molecule has 0 saturated heterocycles. The number of carboxylic acid groups (broad SMARTS) is 1. The van der Waals surface area contributed by atoms with E-state index in [1.807, 2.05) is 30.3 Å². The molecule has 0 fully saturated rings. The number of carbonyl (C=O) groups is 1. The van der Waals surface area contributed by atoms with Crippen molar-refractivity contribution in [2.75, 3.05) is 32.8 Å². The quantitative estimate of drug-likeness (QED) is 0.387. The van der Waals surface area contributed by atoms with E-state index in [1.54, 1.807) is 0 Å². The molecule has 6 nitrogen and oxygen atoms in total. The Morgan fingerprint density at radius 2 is 1.81 bits per heavy atom. The van der Waals surface area contributed by atoms with Gasteiger partial charge >= 0.3 is 5.97 Å². The van der Waals surface area contributed by atoms with Crippen LogP contribution < -0.4 is 16.8 Å². The Hall–Kier alpha value is -1.18. The van der Waals surface area contributed by atoms with E-state index in [-0.39, 0.29) is 6.61 Å². The van der Waals surface area contributed by atoms with Crippen molar-refractivity contribution in [1.82, 2.24) is 5.32 Å². The molecule has 0 aliphatic heterocycles. The van der Waals surface area contributed by atoms with Crippen LogP contribution in [0.25, 0.3) is 0 Å². The zero-order chi connectivity index (χ0) is 15.9. The Morgan fingerprint density at radius 3 is 2.29 bits per heavy atom. The van der Waals surface area contributed by atoms with Crippen molar-refractivity contribution in [3.05, 3.63) is 35.9 Å². The molecule has 0 aliphatic carbocycles. The predicted octanol–water partition coefficient (Wildman–Crippen LogP) is 0.389. The highest BCUT2D eigenvalue weighted by Crippen LogP contribution is 2.03. The van der Waals surface area contributed by atoms with E-state index in [4.69, 9.17) is 32.9 Å². The second-order valence-corrected chi connectivity index (χ2v) is 4.66. The number of carboxylic acids is 1. The monoisotopic (exact) mass is 317 g/mol. The number of ether oxygens (including phenoxy) is 1. The van der Waals surface area contributed by atoms with Crippen LogP contribution in [0.5, 0.6) is 0 Å². The molecule has 0 radical (unpaired) electrons. The first-order chi connectivity index (χ1) is 10.1. The van der Waals surface area contributed by atoms with Crippen LogP contribution in [0.4, 0.5) is 0 Å². The second-order valence-electron chi connectivity index (χ2n) is 4.13.